The van der Waals surface area contributed by atoms with E-state index in [1.165, 1.54) is 0 Å². The third-order valence-electron chi connectivity index (χ3n) is 5.63. The van der Waals surface area contributed by atoms with Crippen molar-refractivity contribution in [3.8, 4) is 0 Å². The van der Waals surface area contributed by atoms with Crippen molar-refractivity contribution in [3.05, 3.63) is 58.9 Å². The summed E-state index contributed by atoms with van der Waals surface area (Å²) in [5.41, 5.74) is -0.221. The average molecular weight is 425 g/mol. The van der Waals surface area contributed by atoms with Crippen molar-refractivity contribution in [3.63, 3.8) is 0 Å². The Kier molecular flexibility index (Phi) is 4.29. The Morgan fingerprint density at radius 3 is 2.59 bits per heavy atom. The van der Waals surface area contributed by atoms with Crippen molar-refractivity contribution in [2.75, 3.05) is 19.6 Å². The summed E-state index contributed by atoms with van der Waals surface area (Å²) in [6.07, 6.45) is -3.08. The third kappa shape index (κ3) is 2.93. The summed E-state index contributed by atoms with van der Waals surface area (Å²) in [6.45, 7) is 3.58. The molecule has 0 saturated carbocycles. The lowest BCUT2D eigenvalue weighted by molar-refractivity contribution is -0.137. The highest BCUT2D eigenvalue weighted by Gasteiger charge is 2.52. The lowest BCUT2D eigenvalue weighted by Gasteiger charge is -2.44. The van der Waals surface area contributed by atoms with Crippen LogP contribution in [0.5, 0.6) is 0 Å². The summed E-state index contributed by atoms with van der Waals surface area (Å²) in [6, 6.07) is 5.41. The molecule has 0 spiro atoms. The van der Waals surface area contributed by atoms with Crippen LogP contribution >= 0.6 is 0 Å². The van der Waals surface area contributed by atoms with E-state index in [-0.39, 0.29) is 25.5 Å². The molecule has 0 aliphatic carbocycles. The summed E-state index contributed by atoms with van der Waals surface area (Å²) in [5, 5.41) is 0. The van der Waals surface area contributed by atoms with Crippen molar-refractivity contribution in [2.24, 2.45) is 0 Å². The topological polar surface area (TPSA) is 70.6 Å². The van der Waals surface area contributed by atoms with Crippen LogP contribution in [0, 0.1) is 6.92 Å². The third-order valence-corrected chi connectivity index (χ3v) is 7.47. The molecule has 29 heavy (non-hydrogen) atoms. The molecule has 2 aliphatic rings. The number of pyridine rings is 1. The highest BCUT2D eigenvalue weighted by molar-refractivity contribution is 7.89. The van der Waals surface area contributed by atoms with Gasteiger partial charge in [-0.1, -0.05) is 6.07 Å². The first-order chi connectivity index (χ1) is 13.5. The first kappa shape index (κ1) is 19.8. The fourth-order valence-corrected chi connectivity index (χ4v) is 5.70. The van der Waals surface area contributed by atoms with Gasteiger partial charge < -0.3 is 4.90 Å². The fraction of sp³-hybridized carbons (Fsp3) is 0.368. The standard InChI is InChI=1S/C19H18F3N3O3S/c1-12-16-15(6-7-23-12)18(2)11-24(8-9-25(18)17(16)26)29(27,28)14-5-3-4-13(10-14)19(20,21)22/h3-7,10H,8-9,11H2,1-2H3. The maximum atomic E-state index is 13.1. The molecule has 154 valence electrons. The molecule has 1 aromatic carbocycles. The number of nitrogens with zero attached hydrogens (tertiary/aromatic N) is 3. The Morgan fingerprint density at radius 2 is 1.90 bits per heavy atom. The second-order valence-corrected chi connectivity index (χ2v) is 9.35. The van der Waals surface area contributed by atoms with Gasteiger partial charge in [0.15, 0.2) is 0 Å². The van der Waals surface area contributed by atoms with Gasteiger partial charge in [0, 0.05) is 25.8 Å². The molecule has 1 unspecified atom stereocenters. The Hall–Kier alpha value is -2.46. The summed E-state index contributed by atoms with van der Waals surface area (Å²) in [4.78, 5) is 18.2. The summed E-state index contributed by atoms with van der Waals surface area (Å²) in [5.74, 6) is -0.204. The number of piperazine rings is 1. The van der Waals surface area contributed by atoms with Crippen LogP contribution in [-0.2, 0) is 21.7 Å². The predicted molar refractivity (Wildman–Crippen MR) is 97.6 cm³/mol. The Balaban J connectivity index is 1.73. The van der Waals surface area contributed by atoms with Gasteiger partial charge in [0.2, 0.25) is 10.0 Å². The molecular formula is C19H18F3N3O3S. The van der Waals surface area contributed by atoms with E-state index >= 15 is 0 Å². The van der Waals surface area contributed by atoms with E-state index in [1.807, 2.05) is 0 Å². The van der Waals surface area contributed by atoms with Crippen LogP contribution in [0.3, 0.4) is 0 Å². The largest absolute Gasteiger partial charge is 0.416 e. The molecule has 3 heterocycles. The number of aromatic nitrogens is 1. The maximum Gasteiger partial charge on any atom is 0.416 e. The molecule has 10 heteroatoms. The van der Waals surface area contributed by atoms with Crippen LogP contribution in [-0.4, -0.2) is 48.1 Å². The van der Waals surface area contributed by atoms with Gasteiger partial charge in [0.25, 0.3) is 5.91 Å². The molecule has 2 aromatic rings. The summed E-state index contributed by atoms with van der Waals surface area (Å²) in [7, 11) is -4.17. The molecule has 1 saturated heterocycles. The van der Waals surface area contributed by atoms with Gasteiger partial charge in [-0.3, -0.25) is 9.78 Å². The van der Waals surface area contributed by atoms with Crippen molar-refractivity contribution in [1.82, 2.24) is 14.2 Å². The maximum absolute atomic E-state index is 13.1. The molecule has 2 aliphatic heterocycles. The number of rotatable bonds is 2. The van der Waals surface area contributed by atoms with Crippen LogP contribution < -0.4 is 0 Å². The van der Waals surface area contributed by atoms with E-state index in [0.717, 1.165) is 22.5 Å². The monoisotopic (exact) mass is 425 g/mol. The number of fused-ring (bicyclic) bond motifs is 3. The van der Waals surface area contributed by atoms with Gasteiger partial charge >= 0.3 is 6.18 Å². The van der Waals surface area contributed by atoms with E-state index in [4.69, 9.17) is 0 Å². The number of carbonyl (C=O) groups excluding carboxylic acids is 1. The van der Waals surface area contributed by atoms with Gasteiger partial charge in [-0.05, 0) is 43.7 Å². The summed E-state index contributed by atoms with van der Waals surface area (Å²) >= 11 is 0. The predicted octanol–water partition coefficient (Wildman–Crippen LogP) is 2.78. The SMILES string of the molecule is Cc1nccc2c1C(=O)N1CCN(S(=O)(=O)c3cccc(C(F)(F)F)c3)CC21C. The zero-order valence-electron chi connectivity index (χ0n) is 15.7. The number of amides is 1. The van der Waals surface area contributed by atoms with Crippen LogP contribution in [0.4, 0.5) is 13.2 Å². The zero-order valence-corrected chi connectivity index (χ0v) is 16.5. The number of benzene rings is 1. The van der Waals surface area contributed by atoms with Gasteiger partial charge in [-0.2, -0.15) is 17.5 Å². The average Bonchev–Trinajstić information content (AvgIpc) is 2.89. The molecule has 1 fully saturated rings. The molecular weight excluding hydrogens is 407 g/mol. The Bertz CT molecular complexity index is 1120. The van der Waals surface area contributed by atoms with Gasteiger partial charge in [-0.25, -0.2) is 8.42 Å². The molecule has 0 bridgehead atoms. The van der Waals surface area contributed by atoms with Crippen LogP contribution in [0.2, 0.25) is 0 Å². The second kappa shape index (κ2) is 6.27. The van der Waals surface area contributed by atoms with Crippen molar-refractivity contribution < 1.29 is 26.4 Å². The number of alkyl halides is 3. The zero-order chi connectivity index (χ0) is 21.2. The van der Waals surface area contributed by atoms with E-state index in [9.17, 15) is 26.4 Å². The van der Waals surface area contributed by atoms with Crippen LogP contribution in [0.25, 0.3) is 0 Å². The number of carbonyl (C=O) groups is 1. The lowest BCUT2D eigenvalue weighted by atomic mass is 9.90. The van der Waals surface area contributed by atoms with Crippen molar-refractivity contribution >= 4 is 15.9 Å². The van der Waals surface area contributed by atoms with E-state index in [2.05, 4.69) is 4.98 Å². The van der Waals surface area contributed by atoms with E-state index < -0.39 is 32.2 Å². The number of hydrogen-bond acceptors (Lipinski definition) is 4. The Labute approximate surface area is 166 Å². The second-order valence-electron chi connectivity index (χ2n) is 7.41. The molecule has 1 aromatic heterocycles. The number of hydrogen-bond donors (Lipinski definition) is 0. The number of sulfonamides is 1. The quantitative estimate of drug-likeness (QED) is 0.742. The number of halogens is 3. The van der Waals surface area contributed by atoms with E-state index in [1.54, 1.807) is 31.0 Å². The van der Waals surface area contributed by atoms with Gasteiger partial charge in [-0.15, -0.1) is 0 Å². The molecule has 4 rings (SSSR count). The minimum Gasteiger partial charge on any atom is -0.326 e. The summed E-state index contributed by atoms with van der Waals surface area (Å²) < 4.78 is 66.4. The van der Waals surface area contributed by atoms with Crippen LogP contribution in [0.15, 0.2) is 41.4 Å². The van der Waals surface area contributed by atoms with Gasteiger partial charge in [0.05, 0.1) is 27.3 Å². The van der Waals surface area contributed by atoms with E-state index in [0.29, 0.717) is 22.9 Å². The first-order valence-corrected chi connectivity index (χ1v) is 10.4. The molecule has 0 radical (unpaired) electrons. The number of aryl methyl sites for hydroxylation is 1. The molecule has 6 nitrogen and oxygen atoms in total. The van der Waals surface area contributed by atoms with Gasteiger partial charge in [0.1, 0.15) is 0 Å². The fourth-order valence-electron chi connectivity index (χ4n) is 4.13. The first-order valence-electron chi connectivity index (χ1n) is 8.92. The molecule has 1 atom stereocenters. The minimum absolute atomic E-state index is 0.000371. The smallest absolute Gasteiger partial charge is 0.326 e. The van der Waals surface area contributed by atoms with Crippen molar-refractivity contribution in [2.45, 2.75) is 30.5 Å². The van der Waals surface area contributed by atoms with Crippen molar-refractivity contribution in [1.29, 1.82) is 0 Å². The molecule has 0 N–H and O–H groups in total. The Morgan fingerprint density at radius 1 is 1.17 bits per heavy atom. The van der Waals surface area contributed by atoms with Crippen LogP contribution in [0.1, 0.15) is 34.1 Å². The lowest BCUT2D eigenvalue weighted by Crippen LogP contribution is -2.58. The highest BCUT2D eigenvalue weighted by atomic mass is 32.2. The highest BCUT2D eigenvalue weighted by Crippen LogP contribution is 2.43. The molecule has 1 amide bonds. The minimum atomic E-state index is -4.64. The normalized spacial score (nSPS) is 22.5.